The Hall–Kier alpha value is -0.240. The lowest BCUT2D eigenvalue weighted by atomic mass is 9.98. The normalized spacial score (nSPS) is 49.2. The van der Waals surface area contributed by atoms with Crippen molar-refractivity contribution in [1.82, 2.24) is 0 Å². The van der Waals surface area contributed by atoms with E-state index in [1.54, 1.807) is 0 Å². The maximum atomic E-state index is 9.25. The molecule has 72 valence electrons. The summed E-state index contributed by atoms with van der Waals surface area (Å²) in [4.78, 5) is 0. The molecule has 0 radical (unpaired) electrons. The Morgan fingerprint density at radius 2 is 1.75 bits per heavy atom. The van der Waals surface area contributed by atoms with E-state index in [4.69, 9.17) is 14.9 Å². The lowest BCUT2D eigenvalue weighted by Gasteiger charge is -2.36. The average Bonchev–Trinajstić information content (AvgIpc) is 2.08. The molecule has 6 nitrogen and oxygen atoms in total. The van der Waals surface area contributed by atoms with E-state index >= 15 is 0 Å². The zero-order chi connectivity index (χ0) is 9.30. The van der Waals surface area contributed by atoms with Gasteiger partial charge < -0.3 is 30.9 Å². The van der Waals surface area contributed by atoms with E-state index in [-0.39, 0.29) is 0 Å². The van der Waals surface area contributed by atoms with Crippen LogP contribution in [-0.2, 0) is 4.74 Å². The molecule has 1 saturated heterocycles. The van der Waals surface area contributed by atoms with Crippen molar-refractivity contribution in [2.45, 2.75) is 30.6 Å². The van der Waals surface area contributed by atoms with Gasteiger partial charge in [-0.15, -0.1) is 0 Å². The number of hydrogen-bond acceptors (Lipinski definition) is 5. The smallest absolute Gasteiger partial charge is 0.211 e. The fraction of sp³-hybridized carbons (Fsp3) is 1.00. The molecule has 0 aliphatic carbocycles. The average molecular weight is 180 g/mol. The van der Waals surface area contributed by atoms with Crippen LogP contribution in [0.15, 0.2) is 0 Å². The molecule has 0 aromatic carbocycles. The molecule has 1 rings (SSSR count). The molecular weight excluding hydrogens is 166 g/mol. The van der Waals surface area contributed by atoms with Gasteiger partial charge in [-0.2, -0.15) is 0 Å². The summed E-state index contributed by atoms with van der Waals surface area (Å²) in [5.41, 5.74) is 3.41. The molecule has 0 spiro atoms. The Labute approximate surface area is 69.2 Å². The molecule has 1 heterocycles. The van der Waals surface area contributed by atoms with Crippen LogP contribution in [-0.4, -0.2) is 57.7 Å². The summed E-state index contributed by atoms with van der Waals surface area (Å²) in [7, 11) is 0. The number of rotatable bonds is 1. The second-order valence-electron chi connectivity index (χ2n) is 2.89. The second kappa shape index (κ2) is 3.65. The number of ether oxygens (including phenoxy) is 1. The highest BCUT2D eigenvalue weighted by Crippen LogP contribution is 2.16. The molecule has 5 atom stereocenters. The molecule has 1 fully saturated rings. The minimum Gasteiger partial charge on any atom is -0.394 e. The van der Waals surface area contributed by atoms with Crippen LogP contribution in [0.3, 0.4) is 0 Å². The molecule has 0 aromatic heterocycles. The Morgan fingerprint density at radius 3 is 2.25 bits per heavy atom. The Morgan fingerprint density at radius 1 is 1.17 bits per heavy atom. The van der Waals surface area contributed by atoms with E-state index in [1.807, 2.05) is 0 Å². The van der Waals surface area contributed by atoms with Crippen LogP contribution in [0.1, 0.15) is 0 Å². The van der Waals surface area contributed by atoms with Crippen LogP contribution in [0.2, 0.25) is 0 Å². The van der Waals surface area contributed by atoms with Crippen molar-refractivity contribution in [3.05, 3.63) is 0 Å². The molecule has 0 unspecified atom stereocenters. The molecule has 7 N–H and O–H groups in total. The van der Waals surface area contributed by atoms with Crippen LogP contribution >= 0.6 is 0 Å². The topological polar surface area (TPSA) is 118 Å². The summed E-state index contributed by atoms with van der Waals surface area (Å²) in [6.07, 6.45) is -4.53. The Bertz CT molecular complexity index is 150. The first-order valence-corrected chi connectivity index (χ1v) is 3.71. The van der Waals surface area contributed by atoms with E-state index in [2.05, 4.69) is 5.73 Å². The second-order valence-corrected chi connectivity index (χ2v) is 2.89. The lowest BCUT2D eigenvalue weighted by molar-refractivity contribution is -0.497. The van der Waals surface area contributed by atoms with Crippen LogP contribution in [0.4, 0.5) is 0 Å². The number of aliphatic hydroxyl groups excluding tert-OH is 4. The van der Waals surface area contributed by atoms with Gasteiger partial charge in [0, 0.05) is 0 Å². The lowest BCUT2D eigenvalue weighted by Crippen LogP contribution is -2.77. The third-order valence-electron chi connectivity index (χ3n) is 2.03. The molecular formula is C6H14NO5+. The van der Waals surface area contributed by atoms with E-state index in [1.165, 1.54) is 0 Å². The molecule has 0 aromatic rings. The van der Waals surface area contributed by atoms with Gasteiger partial charge in [-0.25, -0.2) is 0 Å². The summed E-state index contributed by atoms with van der Waals surface area (Å²) in [6, 6.07) is -0.789. The van der Waals surface area contributed by atoms with Crippen LogP contribution in [0.5, 0.6) is 0 Å². The van der Waals surface area contributed by atoms with E-state index < -0.39 is 37.3 Å². The van der Waals surface area contributed by atoms with Gasteiger partial charge in [-0.3, -0.25) is 0 Å². The maximum Gasteiger partial charge on any atom is 0.211 e. The van der Waals surface area contributed by atoms with Gasteiger partial charge in [0.15, 0.2) is 6.04 Å². The summed E-state index contributed by atoms with van der Waals surface area (Å²) in [5, 5.41) is 36.3. The first kappa shape index (κ1) is 9.85. The van der Waals surface area contributed by atoms with Gasteiger partial charge in [-0.05, 0) is 0 Å². The molecule has 0 amide bonds. The largest absolute Gasteiger partial charge is 0.394 e. The van der Waals surface area contributed by atoms with Crippen LogP contribution in [0, 0.1) is 0 Å². The molecule has 1 aliphatic heterocycles. The van der Waals surface area contributed by atoms with E-state index in [9.17, 15) is 10.2 Å². The summed E-state index contributed by atoms with van der Waals surface area (Å²) >= 11 is 0. The SMILES string of the molecule is [NH3+][C@@H]1[C@@H](O)[C@H](O)[C@@H](CO)O[C@H]1O. The summed E-state index contributed by atoms with van der Waals surface area (Å²) < 4.78 is 4.76. The number of aliphatic hydroxyl groups is 4. The zero-order valence-electron chi connectivity index (χ0n) is 6.50. The maximum absolute atomic E-state index is 9.25. The van der Waals surface area contributed by atoms with Gasteiger partial charge >= 0.3 is 0 Å². The van der Waals surface area contributed by atoms with Gasteiger partial charge in [0.05, 0.1) is 6.61 Å². The molecule has 1 aliphatic rings. The Kier molecular flexibility index (Phi) is 2.99. The number of quaternary nitrogens is 1. The quantitative estimate of drug-likeness (QED) is 0.282. The van der Waals surface area contributed by atoms with E-state index in [0.29, 0.717) is 0 Å². The summed E-state index contributed by atoms with van der Waals surface area (Å²) in [5.74, 6) is 0. The fourth-order valence-electron chi connectivity index (χ4n) is 1.15. The highest BCUT2D eigenvalue weighted by Gasteiger charge is 2.43. The standard InChI is InChI=1S/C6H13NO5/c7-3-5(10)4(9)2(1-8)12-6(3)11/h2-6,8-11H,1,7H2/p+1/t2-,3-,4-,5-,6-/m1/s1. The van der Waals surface area contributed by atoms with Gasteiger partial charge in [0.2, 0.25) is 6.29 Å². The van der Waals surface area contributed by atoms with Gasteiger partial charge in [0.25, 0.3) is 0 Å². The molecule has 6 heteroatoms. The van der Waals surface area contributed by atoms with Crippen molar-refractivity contribution >= 4 is 0 Å². The Balaban J connectivity index is 2.63. The van der Waals surface area contributed by atoms with Crippen molar-refractivity contribution in [2.75, 3.05) is 6.61 Å². The number of hydrogen-bond donors (Lipinski definition) is 5. The van der Waals surface area contributed by atoms with Crippen molar-refractivity contribution in [2.24, 2.45) is 0 Å². The predicted molar refractivity (Wildman–Crippen MR) is 36.7 cm³/mol. The molecule has 0 saturated carbocycles. The van der Waals surface area contributed by atoms with Gasteiger partial charge in [-0.1, -0.05) is 0 Å². The fourth-order valence-corrected chi connectivity index (χ4v) is 1.15. The third-order valence-corrected chi connectivity index (χ3v) is 2.03. The molecule has 0 bridgehead atoms. The third kappa shape index (κ3) is 1.58. The highest BCUT2D eigenvalue weighted by atomic mass is 16.6. The minimum atomic E-state index is -1.24. The first-order chi connectivity index (χ1) is 5.57. The zero-order valence-corrected chi connectivity index (χ0v) is 6.50. The van der Waals surface area contributed by atoms with Crippen molar-refractivity contribution in [3.63, 3.8) is 0 Å². The van der Waals surface area contributed by atoms with Crippen molar-refractivity contribution in [3.8, 4) is 0 Å². The first-order valence-electron chi connectivity index (χ1n) is 3.71. The van der Waals surface area contributed by atoms with Crippen molar-refractivity contribution in [1.29, 1.82) is 0 Å². The van der Waals surface area contributed by atoms with Crippen molar-refractivity contribution < 1.29 is 30.9 Å². The van der Waals surface area contributed by atoms with Crippen LogP contribution < -0.4 is 5.73 Å². The monoisotopic (exact) mass is 180 g/mol. The van der Waals surface area contributed by atoms with Crippen LogP contribution in [0.25, 0.3) is 0 Å². The minimum absolute atomic E-state index is 0.442. The highest BCUT2D eigenvalue weighted by molar-refractivity contribution is 4.87. The van der Waals surface area contributed by atoms with Gasteiger partial charge in [0.1, 0.15) is 18.3 Å². The summed E-state index contributed by atoms with van der Waals surface area (Å²) in [6.45, 7) is -0.442. The van der Waals surface area contributed by atoms with E-state index in [0.717, 1.165) is 0 Å². The molecule has 12 heavy (non-hydrogen) atoms. The predicted octanol–water partition coefficient (Wildman–Crippen LogP) is -3.97.